The van der Waals surface area contributed by atoms with E-state index < -0.39 is 41.9 Å². The Morgan fingerprint density at radius 1 is 1.26 bits per heavy atom. The van der Waals surface area contributed by atoms with E-state index in [1.807, 2.05) is 32.9 Å². The molecule has 0 saturated carbocycles. The third kappa shape index (κ3) is 6.82. The van der Waals surface area contributed by atoms with Gasteiger partial charge >= 0.3 is 12.3 Å². The summed E-state index contributed by atoms with van der Waals surface area (Å²) in [5.74, 6) is 0.464. The lowest BCUT2D eigenvalue weighted by Crippen LogP contribution is -2.47. The number of ether oxygens (including phenoxy) is 2. The van der Waals surface area contributed by atoms with Crippen LogP contribution in [0.4, 0.5) is 0 Å². The summed E-state index contributed by atoms with van der Waals surface area (Å²) >= 11 is 5.88. The molecule has 3 heterocycles. The van der Waals surface area contributed by atoms with Crippen LogP contribution in [0, 0.1) is 0 Å². The van der Waals surface area contributed by atoms with Gasteiger partial charge in [0.15, 0.2) is 6.23 Å². The maximum atomic E-state index is 12.3. The lowest BCUT2D eigenvalue weighted by atomic mass is 9.96. The van der Waals surface area contributed by atoms with Crippen LogP contribution in [0.5, 0.6) is 5.75 Å². The SMILES string of the molecule is CC(COC(C)C)NP(=S)(OCC1OC(n2ccc(=O)[nH]c2=O)C(C)(O)C1O)Oc1cccc2ncccc12. The smallest absolute Gasteiger partial charge is 0.330 e. The first-order chi connectivity index (χ1) is 18.4. The summed E-state index contributed by atoms with van der Waals surface area (Å²) in [5.41, 5.74) is -2.56. The molecule has 1 aliphatic rings. The van der Waals surface area contributed by atoms with Gasteiger partial charge in [0.1, 0.15) is 23.6 Å². The average molecular weight is 581 g/mol. The predicted molar refractivity (Wildman–Crippen MR) is 148 cm³/mol. The Kier molecular flexibility index (Phi) is 9.04. The zero-order chi connectivity index (χ0) is 28.4. The number of benzene rings is 1. The minimum Gasteiger partial charge on any atom is -0.432 e. The number of aromatic nitrogens is 3. The van der Waals surface area contributed by atoms with Gasteiger partial charge in [-0.1, -0.05) is 6.07 Å². The summed E-state index contributed by atoms with van der Waals surface area (Å²) in [6, 6.07) is 9.92. The van der Waals surface area contributed by atoms with E-state index >= 15 is 0 Å². The molecule has 0 radical (unpaired) electrons. The van der Waals surface area contributed by atoms with Gasteiger partial charge < -0.3 is 28.7 Å². The summed E-state index contributed by atoms with van der Waals surface area (Å²) in [6.45, 7) is 3.83. The predicted octanol–water partition coefficient (Wildman–Crippen LogP) is 1.82. The summed E-state index contributed by atoms with van der Waals surface area (Å²) in [4.78, 5) is 30.3. The van der Waals surface area contributed by atoms with Gasteiger partial charge in [0, 0.05) is 29.9 Å². The molecule has 4 N–H and O–H groups in total. The Morgan fingerprint density at radius 3 is 2.74 bits per heavy atom. The zero-order valence-electron chi connectivity index (χ0n) is 22.0. The topological polar surface area (TPSA) is 157 Å². The number of aromatic amines is 1. The monoisotopic (exact) mass is 580 g/mol. The lowest BCUT2D eigenvalue weighted by Gasteiger charge is -2.29. The van der Waals surface area contributed by atoms with Crippen molar-refractivity contribution in [3.8, 4) is 5.75 Å². The first-order valence-electron chi connectivity index (χ1n) is 12.4. The van der Waals surface area contributed by atoms with Crippen LogP contribution in [0.15, 0.2) is 58.4 Å². The normalized spacial score (nSPS) is 25.6. The van der Waals surface area contributed by atoms with E-state index in [-0.39, 0.29) is 18.8 Å². The van der Waals surface area contributed by atoms with Gasteiger partial charge in [0.05, 0.1) is 24.8 Å². The van der Waals surface area contributed by atoms with Crippen LogP contribution in [0.2, 0.25) is 0 Å². The molecule has 12 nitrogen and oxygen atoms in total. The fraction of sp³-hybridized carbons (Fsp3) is 0.480. The largest absolute Gasteiger partial charge is 0.432 e. The highest BCUT2D eigenvalue weighted by atomic mass is 32.5. The fourth-order valence-electron chi connectivity index (χ4n) is 4.18. The second kappa shape index (κ2) is 11.9. The van der Waals surface area contributed by atoms with Crippen molar-refractivity contribution in [1.82, 2.24) is 19.6 Å². The highest BCUT2D eigenvalue weighted by molar-refractivity contribution is 8.09. The number of nitrogens with one attached hydrogen (secondary N) is 2. The van der Waals surface area contributed by atoms with Crippen molar-refractivity contribution in [3.63, 3.8) is 0 Å². The summed E-state index contributed by atoms with van der Waals surface area (Å²) in [5, 5.41) is 25.9. The van der Waals surface area contributed by atoms with Crippen LogP contribution < -0.4 is 20.9 Å². The van der Waals surface area contributed by atoms with Crippen LogP contribution >= 0.6 is 6.64 Å². The maximum Gasteiger partial charge on any atom is 0.330 e. The van der Waals surface area contributed by atoms with E-state index in [1.54, 1.807) is 24.4 Å². The first-order valence-corrected chi connectivity index (χ1v) is 15.1. The fourth-order valence-corrected chi connectivity index (χ4v) is 6.70. The van der Waals surface area contributed by atoms with Gasteiger partial charge in [-0.25, -0.2) is 9.88 Å². The van der Waals surface area contributed by atoms with Gasteiger partial charge in [-0.2, -0.15) is 0 Å². The highest BCUT2D eigenvalue weighted by Crippen LogP contribution is 2.48. The van der Waals surface area contributed by atoms with E-state index in [9.17, 15) is 19.8 Å². The minimum atomic E-state index is -3.30. The Balaban J connectivity index is 1.57. The second-order valence-corrected chi connectivity index (χ2v) is 13.0. The number of hydrogen-bond acceptors (Lipinski definition) is 10. The lowest BCUT2D eigenvalue weighted by molar-refractivity contribution is -0.0984. The summed E-state index contributed by atoms with van der Waals surface area (Å²) in [6.07, 6.45) is -0.940. The molecule has 4 rings (SSSR count). The highest BCUT2D eigenvalue weighted by Gasteiger charge is 2.53. The molecule has 2 aromatic heterocycles. The van der Waals surface area contributed by atoms with Gasteiger partial charge in [-0.3, -0.25) is 19.3 Å². The summed E-state index contributed by atoms with van der Waals surface area (Å²) < 4.78 is 25.0. The Hall–Kier alpha value is -2.48. The Labute approximate surface area is 230 Å². The number of pyridine rings is 1. The third-order valence-corrected chi connectivity index (χ3v) is 8.69. The molecule has 0 spiro atoms. The van der Waals surface area contributed by atoms with Gasteiger partial charge in [-0.05, 0) is 63.8 Å². The number of rotatable bonds is 11. The van der Waals surface area contributed by atoms with Crippen molar-refractivity contribution in [2.75, 3.05) is 13.2 Å². The Morgan fingerprint density at radius 2 is 2.03 bits per heavy atom. The molecular weight excluding hydrogens is 547 g/mol. The molecule has 14 heteroatoms. The molecule has 6 atom stereocenters. The van der Waals surface area contributed by atoms with Crippen molar-refractivity contribution in [2.24, 2.45) is 0 Å². The van der Waals surface area contributed by atoms with Crippen LogP contribution in [0.3, 0.4) is 0 Å². The minimum absolute atomic E-state index is 0.00983. The standard InChI is InChI=1S/C25H33N4O8PS/c1-15(2)34-13-16(3)28-38(39,37-19-9-5-8-18-17(19)7-6-11-26-18)35-14-20-22(31)25(4,33)23(36-20)29-12-10-21(30)27-24(29)32/h5-12,15-16,20,22-23,31,33H,13-14H2,1-4H3,(H,28,39)(H,27,30,32). The molecule has 1 aromatic carbocycles. The van der Waals surface area contributed by atoms with Gasteiger partial charge in [0.25, 0.3) is 5.56 Å². The van der Waals surface area contributed by atoms with Crippen molar-refractivity contribution in [3.05, 3.63) is 69.6 Å². The number of fused-ring (bicyclic) bond motifs is 1. The number of hydrogen-bond donors (Lipinski definition) is 4. The van der Waals surface area contributed by atoms with Crippen molar-refractivity contribution < 1.29 is 28.7 Å². The molecule has 39 heavy (non-hydrogen) atoms. The molecule has 0 amide bonds. The average Bonchev–Trinajstić information content (AvgIpc) is 3.10. The molecule has 1 fully saturated rings. The van der Waals surface area contributed by atoms with E-state index in [1.165, 1.54) is 13.1 Å². The quantitative estimate of drug-likeness (QED) is 0.245. The van der Waals surface area contributed by atoms with Crippen molar-refractivity contribution in [2.45, 2.75) is 63.9 Å². The van der Waals surface area contributed by atoms with Crippen LogP contribution in [-0.2, 0) is 25.8 Å². The van der Waals surface area contributed by atoms with Crippen molar-refractivity contribution in [1.29, 1.82) is 0 Å². The van der Waals surface area contributed by atoms with Crippen LogP contribution in [0.25, 0.3) is 10.9 Å². The number of nitrogens with zero attached hydrogens (tertiary/aromatic N) is 2. The van der Waals surface area contributed by atoms with E-state index in [0.717, 1.165) is 16.0 Å². The van der Waals surface area contributed by atoms with Gasteiger partial charge in [0.2, 0.25) is 0 Å². The molecule has 1 aliphatic heterocycles. The van der Waals surface area contributed by atoms with E-state index in [4.69, 9.17) is 30.3 Å². The van der Waals surface area contributed by atoms with Crippen molar-refractivity contribution >= 4 is 29.4 Å². The van der Waals surface area contributed by atoms with Crippen LogP contribution in [-0.4, -0.2) is 67.9 Å². The summed E-state index contributed by atoms with van der Waals surface area (Å²) in [7, 11) is 0. The number of H-pyrrole nitrogens is 1. The molecule has 0 aliphatic carbocycles. The molecule has 0 bridgehead atoms. The third-order valence-electron chi connectivity index (χ3n) is 6.15. The van der Waals surface area contributed by atoms with E-state index in [2.05, 4.69) is 15.1 Å². The maximum absolute atomic E-state index is 12.3. The molecular formula is C25H33N4O8PS. The molecule has 212 valence electrons. The van der Waals surface area contributed by atoms with Gasteiger partial charge in [-0.15, -0.1) is 0 Å². The molecule has 3 aromatic rings. The molecule has 6 unspecified atom stereocenters. The first kappa shape index (κ1) is 29.5. The zero-order valence-corrected chi connectivity index (χ0v) is 23.7. The van der Waals surface area contributed by atoms with E-state index in [0.29, 0.717) is 17.9 Å². The molecule has 1 saturated heterocycles. The Bertz CT molecular complexity index is 1460. The van der Waals surface area contributed by atoms with Crippen LogP contribution in [0.1, 0.15) is 33.9 Å². The number of aliphatic hydroxyl groups is 2. The second-order valence-electron chi connectivity index (χ2n) is 9.84. The number of aliphatic hydroxyl groups excluding tert-OH is 1.